The molecule has 1 aromatic carbocycles. The minimum atomic E-state index is -0.289. The van der Waals surface area contributed by atoms with E-state index in [4.69, 9.17) is 9.72 Å². The molecule has 0 bridgehead atoms. The van der Waals surface area contributed by atoms with Gasteiger partial charge in [-0.25, -0.2) is 4.98 Å². The number of fused-ring (bicyclic) bond motifs is 1. The van der Waals surface area contributed by atoms with Crippen LogP contribution in [-0.4, -0.2) is 28.2 Å². The Kier molecular flexibility index (Phi) is 14.0. The highest BCUT2D eigenvalue weighted by atomic mass is 16.5. The number of amides is 1. The summed E-state index contributed by atoms with van der Waals surface area (Å²) in [5.74, 6) is 0.942. The van der Waals surface area contributed by atoms with Crippen molar-refractivity contribution in [3.8, 4) is 0 Å². The quantitative estimate of drug-likeness (QED) is 0.188. The highest BCUT2D eigenvalue weighted by Gasteiger charge is 2.23. The third-order valence-electron chi connectivity index (χ3n) is 7.61. The Bertz CT molecular complexity index is 857. The summed E-state index contributed by atoms with van der Waals surface area (Å²) in [6, 6.07) is 8.30. The van der Waals surface area contributed by atoms with Gasteiger partial charge < -0.3 is 14.6 Å². The average molecular weight is 498 g/mol. The van der Waals surface area contributed by atoms with E-state index in [1.807, 2.05) is 6.07 Å². The van der Waals surface area contributed by atoms with Crippen molar-refractivity contribution in [2.24, 2.45) is 0 Å². The number of hydrogen-bond donors (Lipinski definition) is 1. The fourth-order valence-corrected chi connectivity index (χ4v) is 5.39. The third kappa shape index (κ3) is 10.2. The molecule has 1 N–H and O–H groups in total. The van der Waals surface area contributed by atoms with Gasteiger partial charge in [0.2, 0.25) is 5.91 Å². The van der Waals surface area contributed by atoms with Crippen LogP contribution < -0.4 is 5.32 Å². The van der Waals surface area contributed by atoms with Gasteiger partial charge in [-0.3, -0.25) is 4.79 Å². The van der Waals surface area contributed by atoms with Crippen molar-refractivity contribution in [2.45, 2.75) is 142 Å². The number of ether oxygens (including phenoxy) is 1. The number of unbranched alkanes of at least 4 members (excludes halogenated alkanes) is 15. The number of benzene rings is 1. The number of aryl methyl sites for hydroxylation is 1. The zero-order valence-electron chi connectivity index (χ0n) is 22.9. The first-order chi connectivity index (χ1) is 17.8. The van der Waals surface area contributed by atoms with E-state index < -0.39 is 0 Å². The Morgan fingerprint density at radius 2 is 1.47 bits per heavy atom. The van der Waals surface area contributed by atoms with Crippen LogP contribution in [0.5, 0.6) is 0 Å². The van der Waals surface area contributed by atoms with Crippen LogP contribution in [0.4, 0.5) is 0 Å². The van der Waals surface area contributed by atoms with Crippen molar-refractivity contribution in [3.63, 3.8) is 0 Å². The Balaban J connectivity index is 1.25. The Morgan fingerprint density at radius 1 is 0.889 bits per heavy atom. The predicted octanol–water partition coefficient (Wildman–Crippen LogP) is 8.09. The number of hydrogen-bond acceptors (Lipinski definition) is 3. The second-order valence-electron chi connectivity index (χ2n) is 10.7. The van der Waals surface area contributed by atoms with Gasteiger partial charge in [0.05, 0.1) is 17.6 Å². The Labute approximate surface area is 219 Å². The second kappa shape index (κ2) is 17.6. The van der Waals surface area contributed by atoms with Crippen LogP contribution >= 0.6 is 0 Å². The summed E-state index contributed by atoms with van der Waals surface area (Å²) in [7, 11) is 0. The van der Waals surface area contributed by atoms with Crippen LogP contribution in [-0.2, 0) is 22.6 Å². The van der Waals surface area contributed by atoms with Gasteiger partial charge in [-0.05, 0) is 31.4 Å². The molecule has 0 saturated carbocycles. The maximum Gasteiger partial charge on any atom is 0.249 e. The highest BCUT2D eigenvalue weighted by molar-refractivity contribution is 5.81. The van der Waals surface area contributed by atoms with Gasteiger partial charge in [-0.1, -0.05) is 115 Å². The summed E-state index contributed by atoms with van der Waals surface area (Å²) in [5.41, 5.74) is 2.18. The minimum absolute atomic E-state index is 0.00600. The zero-order valence-corrected chi connectivity index (χ0v) is 22.9. The molecule has 1 saturated heterocycles. The van der Waals surface area contributed by atoms with E-state index in [1.54, 1.807) is 0 Å². The van der Waals surface area contributed by atoms with E-state index in [0.717, 1.165) is 37.1 Å². The molecule has 1 unspecified atom stereocenters. The van der Waals surface area contributed by atoms with Crippen molar-refractivity contribution in [1.29, 1.82) is 0 Å². The molecule has 0 radical (unpaired) electrons. The van der Waals surface area contributed by atoms with Crippen molar-refractivity contribution in [1.82, 2.24) is 14.9 Å². The summed E-state index contributed by atoms with van der Waals surface area (Å²) in [4.78, 5) is 17.2. The van der Waals surface area contributed by atoms with Gasteiger partial charge in [0, 0.05) is 13.2 Å². The molecule has 0 aliphatic carbocycles. The first-order valence-electron chi connectivity index (χ1n) is 15.1. The lowest BCUT2D eigenvalue weighted by Crippen LogP contribution is -2.34. The molecule has 202 valence electrons. The van der Waals surface area contributed by atoms with Gasteiger partial charge in [-0.15, -0.1) is 0 Å². The molecular formula is C31H51N3O2. The Morgan fingerprint density at radius 3 is 2.06 bits per heavy atom. The number of nitrogens with zero attached hydrogens (tertiary/aromatic N) is 2. The topological polar surface area (TPSA) is 56.2 Å². The number of para-hydroxylation sites is 2. The summed E-state index contributed by atoms with van der Waals surface area (Å²) in [6.45, 7) is 4.41. The highest BCUT2D eigenvalue weighted by Crippen LogP contribution is 2.19. The van der Waals surface area contributed by atoms with Crippen LogP contribution in [0.3, 0.4) is 0 Å². The van der Waals surface area contributed by atoms with Crippen LogP contribution in [0.1, 0.15) is 128 Å². The molecule has 1 atom stereocenters. The largest absolute Gasteiger partial charge is 0.368 e. The lowest BCUT2D eigenvalue weighted by atomic mass is 10.0. The van der Waals surface area contributed by atoms with Crippen molar-refractivity contribution in [3.05, 3.63) is 30.1 Å². The molecule has 5 heteroatoms. The molecule has 3 rings (SSSR count). The van der Waals surface area contributed by atoms with Crippen LogP contribution in [0.25, 0.3) is 11.0 Å². The predicted molar refractivity (Wildman–Crippen MR) is 150 cm³/mol. The lowest BCUT2D eigenvalue weighted by Gasteiger charge is -2.12. The molecule has 1 aromatic heterocycles. The van der Waals surface area contributed by atoms with Crippen LogP contribution in [0, 0.1) is 0 Å². The van der Waals surface area contributed by atoms with Gasteiger partial charge in [0.1, 0.15) is 11.9 Å². The van der Waals surface area contributed by atoms with Gasteiger partial charge in [-0.2, -0.15) is 0 Å². The Hall–Kier alpha value is -1.88. The minimum Gasteiger partial charge on any atom is -0.368 e. The van der Waals surface area contributed by atoms with Gasteiger partial charge in [0.15, 0.2) is 0 Å². The maximum atomic E-state index is 12.4. The standard InChI is InChI=1S/C31H51N3O2/c1-2-3-4-5-6-7-8-9-10-11-12-13-14-15-16-19-24-34-28-22-18-17-21-27(28)33-30(34)26-32-31(35)29-23-20-25-36-29/h17-18,21-22,29H,2-16,19-20,23-26H2,1H3,(H,32,35). The van der Waals surface area contributed by atoms with Crippen molar-refractivity contribution >= 4 is 16.9 Å². The molecule has 5 nitrogen and oxygen atoms in total. The van der Waals surface area contributed by atoms with E-state index >= 15 is 0 Å². The van der Waals surface area contributed by atoms with Gasteiger partial charge in [0.25, 0.3) is 0 Å². The van der Waals surface area contributed by atoms with E-state index in [0.29, 0.717) is 13.2 Å². The molecular weight excluding hydrogens is 446 g/mol. The van der Waals surface area contributed by atoms with E-state index in [9.17, 15) is 4.79 Å². The number of carbonyl (C=O) groups excluding carboxylic acids is 1. The smallest absolute Gasteiger partial charge is 0.249 e. The molecule has 36 heavy (non-hydrogen) atoms. The molecule has 1 amide bonds. The third-order valence-corrected chi connectivity index (χ3v) is 7.61. The molecule has 1 fully saturated rings. The number of nitrogens with one attached hydrogen (secondary N) is 1. The van der Waals surface area contributed by atoms with Crippen LogP contribution in [0.2, 0.25) is 0 Å². The SMILES string of the molecule is CCCCCCCCCCCCCCCCCCn1c(CNC(=O)C2CCCO2)nc2ccccc21. The fraction of sp³-hybridized carbons (Fsp3) is 0.742. The number of carbonyl (C=O) groups is 1. The first kappa shape index (κ1) is 28.7. The molecule has 2 heterocycles. The van der Waals surface area contributed by atoms with Crippen LogP contribution in [0.15, 0.2) is 24.3 Å². The maximum absolute atomic E-state index is 12.4. The number of aromatic nitrogens is 2. The van der Waals surface area contributed by atoms with E-state index in [2.05, 4.69) is 35.0 Å². The summed E-state index contributed by atoms with van der Waals surface area (Å²) in [5, 5.41) is 3.05. The fourth-order valence-electron chi connectivity index (χ4n) is 5.39. The van der Waals surface area contributed by atoms with Gasteiger partial charge >= 0.3 is 0 Å². The molecule has 0 spiro atoms. The normalized spacial score (nSPS) is 15.6. The number of imidazole rings is 1. The van der Waals surface area contributed by atoms with E-state index in [1.165, 1.54) is 102 Å². The molecule has 2 aromatic rings. The lowest BCUT2D eigenvalue weighted by molar-refractivity contribution is -0.130. The summed E-state index contributed by atoms with van der Waals surface area (Å²) in [6.07, 6.45) is 23.6. The molecule has 1 aliphatic rings. The second-order valence-corrected chi connectivity index (χ2v) is 10.7. The first-order valence-corrected chi connectivity index (χ1v) is 15.1. The summed E-state index contributed by atoms with van der Waals surface area (Å²) < 4.78 is 7.82. The van der Waals surface area contributed by atoms with E-state index in [-0.39, 0.29) is 12.0 Å². The van der Waals surface area contributed by atoms with Crippen molar-refractivity contribution < 1.29 is 9.53 Å². The molecule has 1 aliphatic heterocycles. The monoisotopic (exact) mass is 497 g/mol. The zero-order chi connectivity index (χ0) is 25.3. The van der Waals surface area contributed by atoms with Crippen molar-refractivity contribution in [2.75, 3.05) is 6.61 Å². The average Bonchev–Trinajstić information content (AvgIpc) is 3.56. The summed E-state index contributed by atoms with van der Waals surface area (Å²) >= 11 is 0. The number of rotatable bonds is 20.